The molecule has 4 aromatic rings. The van der Waals surface area contributed by atoms with Gasteiger partial charge in [-0.15, -0.1) is 11.3 Å². The number of ether oxygens (including phenoxy) is 2. The lowest BCUT2D eigenvalue weighted by Gasteiger charge is -2.25. The van der Waals surface area contributed by atoms with Crippen LogP contribution in [0.1, 0.15) is 32.7 Å². The molecule has 35 heavy (non-hydrogen) atoms. The Morgan fingerprint density at radius 3 is 2.49 bits per heavy atom. The maximum absolute atomic E-state index is 13.8. The van der Waals surface area contributed by atoms with E-state index < -0.39 is 23.5 Å². The summed E-state index contributed by atoms with van der Waals surface area (Å²) in [5.74, 6) is -1.06. The van der Waals surface area contributed by atoms with Crippen LogP contribution < -0.4 is 14.4 Å². The highest BCUT2D eigenvalue weighted by Crippen LogP contribution is 2.46. The van der Waals surface area contributed by atoms with Crippen molar-refractivity contribution in [1.29, 1.82) is 0 Å². The Kier molecular flexibility index (Phi) is 5.56. The summed E-state index contributed by atoms with van der Waals surface area (Å²) in [7, 11) is 3.02. The molecule has 1 unspecified atom stereocenters. The average molecular weight is 491 g/mol. The predicted octanol–water partition coefficient (Wildman–Crippen LogP) is 5.31. The lowest BCUT2D eigenvalue weighted by atomic mass is 9.94. The number of anilines is 1. The Balaban J connectivity index is 1.70. The summed E-state index contributed by atoms with van der Waals surface area (Å²) in [5.41, 5.74) is 1.60. The first-order chi connectivity index (χ1) is 16.8. The number of furan rings is 1. The van der Waals surface area contributed by atoms with Crippen molar-refractivity contribution in [3.8, 4) is 11.5 Å². The summed E-state index contributed by atoms with van der Waals surface area (Å²) < 4.78 is 16.7. The predicted molar refractivity (Wildman–Crippen MR) is 132 cm³/mol. The standard InChI is InChI=1S/C26H22N2O6S/c1-13-14(2)35-26(27-13)28-21(16-9-5-6-10-17(16)32-3)20(23(30)25(28)31)22(29)19-12-15-8-7-11-18(33-4)24(15)34-19/h5-12,21,30H,1-4H3. The molecule has 2 aromatic heterocycles. The second-order valence-electron chi connectivity index (χ2n) is 8.04. The van der Waals surface area contributed by atoms with Gasteiger partial charge in [0, 0.05) is 15.8 Å². The molecule has 1 amide bonds. The number of aromatic nitrogens is 1. The van der Waals surface area contributed by atoms with Crippen LogP contribution in [-0.2, 0) is 4.79 Å². The van der Waals surface area contributed by atoms with Gasteiger partial charge in [-0.1, -0.05) is 30.3 Å². The third kappa shape index (κ3) is 3.55. The summed E-state index contributed by atoms with van der Waals surface area (Å²) in [4.78, 5) is 34.0. The number of para-hydroxylation sites is 2. The van der Waals surface area contributed by atoms with E-state index in [2.05, 4.69) is 4.98 Å². The van der Waals surface area contributed by atoms with Crippen molar-refractivity contribution >= 4 is 39.1 Å². The highest BCUT2D eigenvalue weighted by atomic mass is 32.1. The van der Waals surface area contributed by atoms with Gasteiger partial charge in [-0.25, -0.2) is 4.98 Å². The molecule has 0 spiro atoms. The summed E-state index contributed by atoms with van der Waals surface area (Å²) in [6.07, 6.45) is 0. The monoisotopic (exact) mass is 490 g/mol. The number of Topliss-reactive ketones (excluding diaryl/α,β-unsaturated/α-hetero) is 1. The number of methoxy groups -OCH3 is 2. The van der Waals surface area contributed by atoms with Crippen LogP contribution in [0, 0.1) is 13.8 Å². The lowest BCUT2D eigenvalue weighted by Crippen LogP contribution is -2.31. The van der Waals surface area contributed by atoms with Gasteiger partial charge in [0.25, 0.3) is 5.91 Å². The quantitative estimate of drug-likeness (QED) is 0.366. The largest absolute Gasteiger partial charge is 0.503 e. The summed E-state index contributed by atoms with van der Waals surface area (Å²) in [6.45, 7) is 3.74. The van der Waals surface area contributed by atoms with Crippen molar-refractivity contribution in [2.75, 3.05) is 19.1 Å². The van der Waals surface area contributed by atoms with Crippen LogP contribution in [0.4, 0.5) is 5.13 Å². The molecule has 2 aromatic carbocycles. The zero-order chi connectivity index (χ0) is 24.9. The fourth-order valence-electron chi connectivity index (χ4n) is 4.22. The van der Waals surface area contributed by atoms with Gasteiger partial charge < -0.3 is 19.0 Å². The average Bonchev–Trinajstić information content (AvgIpc) is 3.52. The molecule has 1 atom stereocenters. The molecule has 0 fully saturated rings. The number of amides is 1. The Labute approximate surface area is 205 Å². The first-order valence-electron chi connectivity index (χ1n) is 10.8. The van der Waals surface area contributed by atoms with Gasteiger partial charge in [-0.3, -0.25) is 14.5 Å². The topological polar surface area (TPSA) is 102 Å². The van der Waals surface area contributed by atoms with Crippen LogP contribution in [0.3, 0.4) is 0 Å². The van der Waals surface area contributed by atoms with Crippen molar-refractivity contribution < 1.29 is 28.6 Å². The smallest absolute Gasteiger partial charge is 0.296 e. The van der Waals surface area contributed by atoms with Crippen molar-refractivity contribution in [1.82, 2.24) is 4.98 Å². The SMILES string of the molecule is COc1ccccc1C1C(C(=O)c2cc3cccc(OC)c3o2)=C(O)C(=O)N1c1nc(C)c(C)s1. The molecule has 0 aliphatic carbocycles. The fourth-order valence-corrected chi connectivity index (χ4v) is 5.16. The Bertz CT molecular complexity index is 1500. The van der Waals surface area contributed by atoms with Gasteiger partial charge in [0.2, 0.25) is 5.78 Å². The molecule has 9 heteroatoms. The molecule has 8 nitrogen and oxygen atoms in total. The number of aryl methyl sites for hydroxylation is 2. The van der Waals surface area contributed by atoms with E-state index in [1.807, 2.05) is 13.8 Å². The number of carbonyl (C=O) groups is 2. The minimum Gasteiger partial charge on any atom is -0.503 e. The summed E-state index contributed by atoms with van der Waals surface area (Å²) >= 11 is 1.31. The number of fused-ring (bicyclic) bond motifs is 1. The van der Waals surface area contributed by atoms with E-state index in [4.69, 9.17) is 13.9 Å². The van der Waals surface area contributed by atoms with Crippen molar-refractivity contribution in [2.45, 2.75) is 19.9 Å². The minimum atomic E-state index is -0.966. The number of nitrogens with zero attached hydrogens (tertiary/aromatic N) is 2. The number of thiazole rings is 1. The van der Waals surface area contributed by atoms with E-state index in [0.29, 0.717) is 33.2 Å². The number of aliphatic hydroxyl groups excluding tert-OH is 1. The molecule has 3 heterocycles. The lowest BCUT2D eigenvalue weighted by molar-refractivity contribution is -0.117. The molecule has 0 bridgehead atoms. The van der Waals surface area contributed by atoms with Gasteiger partial charge >= 0.3 is 0 Å². The summed E-state index contributed by atoms with van der Waals surface area (Å²) in [5, 5.41) is 12.0. The fraction of sp³-hybridized carbons (Fsp3) is 0.192. The molecule has 0 radical (unpaired) electrons. The second-order valence-corrected chi connectivity index (χ2v) is 9.22. The molecule has 0 saturated heterocycles. The Hall–Kier alpha value is -4.11. The number of carbonyl (C=O) groups excluding carboxylic acids is 2. The van der Waals surface area contributed by atoms with Gasteiger partial charge in [-0.05, 0) is 32.0 Å². The van der Waals surface area contributed by atoms with Gasteiger partial charge in [-0.2, -0.15) is 0 Å². The number of hydrogen-bond donors (Lipinski definition) is 1. The van der Waals surface area contributed by atoms with Gasteiger partial charge in [0.05, 0.1) is 25.5 Å². The van der Waals surface area contributed by atoms with Crippen LogP contribution in [0.15, 0.2) is 64.3 Å². The number of benzene rings is 2. The normalized spacial score (nSPS) is 15.8. The van der Waals surface area contributed by atoms with E-state index in [1.165, 1.54) is 30.5 Å². The molecule has 0 saturated carbocycles. The molecule has 5 rings (SSSR count). The number of rotatable bonds is 6. The molecular weight excluding hydrogens is 468 g/mol. The number of hydrogen-bond acceptors (Lipinski definition) is 8. The summed E-state index contributed by atoms with van der Waals surface area (Å²) in [6, 6.07) is 13.0. The minimum absolute atomic E-state index is 0.0212. The van der Waals surface area contributed by atoms with Crippen LogP contribution >= 0.6 is 11.3 Å². The maximum atomic E-state index is 13.8. The van der Waals surface area contributed by atoms with E-state index in [1.54, 1.807) is 48.5 Å². The van der Waals surface area contributed by atoms with E-state index in [0.717, 1.165) is 10.6 Å². The van der Waals surface area contributed by atoms with Crippen LogP contribution in [0.5, 0.6) is 11.5 Å². The zero-order valence-electron chi connectivity index (χ0n) is 19.5. The zero-order valence-corrected chi connectivity index (χ0v) is 20.3. The van der Waals surface area contributed by atoms with Crippen molar-refractivity contribution in [2.24, 2.45) is 0 Å². The first-order valence-corrected chi connectivity index (χ1v) is 11.6. The highest BCUT2D eigenvalue weighted by Gasteiger charge is 2.47. The van der Waals surface area contributed by atoms with Gasteiger partial charge in [0.15, 0.2) is 28.0 Å². The van der Waals surface area contributed by atoms with Crippen LogP contribution in [-0.4, -0.2) is 36.0 Å². The highest BCUT2D eigenvalue weighted by molar-refractivity contribution is 7.15. The Morgan fingerprint density at radius 1 is 1.09 bits per heavy atom. The third-order valence-electron chi connectivity index (χ3n) is 6.06. The van der Waals surface area contributed by atoms with Crippen LogP contribution in [0.25, 0.3) is 11.0 Å². The molecule has 1 aliphatic rings. The maximum Gasteiger partial charge on any atom is 0.296 e. The molecular formula is C26H22N2O6S. The van der Waals surface area contributed by atoms with Gasteiger partial charge in [0.1, 0.15) is 11.8 Å². The molecule has 1 aliphatic heterocycles. The van der Waals surface area contributed by atoms with Crippen LogP contribution in [0.2, 0.25) is 0 Å². The number of aliphatic hydroxyl groups is 1. The van der Waals surface area contributed by atoms with E-state index in [9.17, 15) is 14.7 Å². The molecule has 1 N–H and O–H groups in total. The van der Waals surface area contributed by atoms with Crippen molar-refractivity contribution in [3.05, 3.63) is 81.8 Å². The molecule has 178 valence electrons. The third-order valence-corrected chi connectivity index (χ3v) is 7.13. The van der Waals surface area contributed by atoms with E-state index >= 15 is 0 Å². The second kappa shape index (κ2) is 8.59. The number of ketones is 1. The first kappa shape index (κ1) is 22.7. The van der Waals surface area contributed by atoms with E-state index in [-0.39, 0.29) is 11.3 Å². The Morgan fingerprint density at radius 2 is 1.80 bits per heavy atom. The van der Waals surface area contributed by atoms with Crippen molar-refractivity contribution in [3.63, 3.8) is 0 Å².